The van der Waals surface area contributed by atoms with E-state index in [1.54, 1.807) is 12.3 Å². The lowest BCUT2D eigenvalue weighted by atomic mass is 10.4. The van der Waals surface area contributed by atoms with Gasteiger partial charge in [-0.1, -0.05) is 5.16 Å². The Morgan fingerprint density at radius 2 is 2.36 bits per heavy atom. The first-order valence-corrected chi connectivity index (χ1v) is 3.92. The summed E-state index contributed by atoms with van der Waals surface area (Å²) in [5, 5.41) is 6.47. The van der Waals surface area contributed by atoms with Crippen molar-refractivity contribution in [2.24, 2.45) is 0 Å². The topological polar surface area (TPSA) is 103 Å². The van der Waals surface area contributed by atoms with Crippen molar-refractivity contribution < 1.29 is 4.52 Å². The fourth-order valence-electron chi connectivity index (χ4n) is 0.894. The Labute approximate surface area is 79.4 Å². The van der Waals surface area contributed by atoms with Crippen LogP contribution in [0, 0.1) is 0 Å². The van der Waals surface area contributed by atoms with E-state index < -0.39 is 0 Å². The highest BCUT2D eigenvalue weighted by atomic mass is 16.5. The third kappa shape index (κ3) is 1.94. The molecule has 2 heterocycles. The maximum atomic E-state index is 5.37. The Bertz CT molecular complexity index is 400. The van der Waals surface area contributed by atoms with E-state index in [4.69, 9.17) is 10.3 Å². The van der Waals surface area contributed by atoms with Gasteiger partial charge in [0.25, 0.3) is 0 Å². The molecule has 0 atom stereocenters. The molecule has 0 amide bonds. The number of rotatable bonds is 3. The number of nitrogens with zero attached hydrogens (tertiary/aromatic N) is 4. The predicted octanol–water partition coefficient (Wildman–Crippen LogP) is 0.0539. The largest absolute Gasteiger partial charge is 0.368 e. The van der Waals surface area contributed by atoms with Crippen LogP contribution in [0.4, 0.5) is 11.9 Å². The number of hydrogen-bond donors (Lipinski definition) is 2. The highest BCUT2D eigenvalue weighted by Gasteiger charge is 1.99. The van der Waals surface area contributed by atoms with Crippen molar-refractivity contribution in [2.75, 3.05) is 11.1 Å². The molecule has 0 fully saturated rings. The van der Waals surface area contributed by atoms with Crippen LogP contribution >= 0.6 is 0 Å². The molecule has 14 heavy (non-hydrogen) atoms. The predicted molar refractivity (Wildman–Crippen MR) is 48.1 cm³/mol. The van der Waals surface area contributed by atoms with Gasteiger partial charge in [-0.25, -0.2) is 9.97 Å². The lowest BCUT2D eigenvalue weighted by Crippen LogP contribution is -2.05. The first kappa shape index (κ1) is 8.42. The lowest BCUT2D eigenvalue weighted by Gasteiger charge is -2.00. The summed E-state index contributed by atoms with van der Waals surface area (Å²) >= 11 is 0. The molecule has 0 saturated carbocycles. The maximum Gasteiger partial charge on any atom is 0.227 e. The minimum atomic E-state index is 0.181. The van der Waals surface area contributed by atoms with Gasteiger partial charge in [0.1, 0.15) is 6.33 Å². The van der Waals surface area contributed by atoms with Crippen molar-refractivity contribution in [2.45, 2.75) is 6.54 Å². The summed E-state index contributed by atoms with van der Waals surface area (Å²) in [5.41, 5.74) is 5.37. The molecule has 0 saturated heterocycles. The highest BCUT2D eigenvalue weighted by molar-refractivity contribution is 5.29. The first-order chi connectivity index (χ1) is 6.84. The number of aromatic nitrogens is 4. The minimum absolute atomic E-state index is 0.181. The van der Waals surface area contributed by atoms with Crippen LogP contribution in [-0.4, -0.2) is 20.1 Å². The first-order valence-electron chi connectivity index (χ1n) is 3.92. The van der Waals surface area contributed by atoms with E-state index in [1.165, 1.54) is 6.33 Å². The van der Waals surface area contributed by atoms with Crippen LogP contribution in [0.25, 0.3) is 0 Å². The van der Waals surface area contributed by atoms with E-state index in [1.807, 2.05) is 0 Å². The van der Waals surface area contributed by atoms with Crippen LogP contribution in [0.1, 0.15) is 5.76 Å². The van der Waals surface area contributed by atoms with Crippen LogP contribution in [0.2, 0.25) is 0 Å². The average molecular weight is 192 g/mol. The Kier molecular flexibility index (Phi) is 2.22. The third-order valence-corrected chi connectivity index (χ3v) is 1.50. The van der Waals surface area contributed by atoms with E-state index >= 15 is 0 Å². The highest BCUT2D eigenvalue weighted by Crippen LogP contribution is 2.02. The van der Waals surface area contributed by atoms with Gasteiger partial charge >= 0.3 is 0 Å². The van der Waals surface area contributed by atoms with Gasteiger partial charge in [-0.15, -0.1) is 0 Å². The smallest absolute Gasteiger partial charge is 0.227 e. The monoisotopic (exact) mass is 192 g/mol. The standard InChI is InChI=1S/C7H8N6O/c8-6-10-4-11-7(13-6)9-3-5-1-2-12-14-5/h1-2,4H,3H2,(H3,8,9,10,11,13). The van der Waals surface area contributed by atoms with E-state index in [0.29, 0.717) is 18.3 Å². The summed E-state index contributed by atoms with van der Waals surface area (Å²) in [5.74, 6) is 1.29. The van der Waals surface area contributed by atoms with Gasteiger partial charge in [0.05, 0.1) is 12.7 Å². The van der Waals surface area contributed by atoms with Crippen LogP contribution < -0.4 is 11.1 Å². The molecule has 7 nitrogen and oxygen atoms in total. The molecule has 7 heteroatoms. The second-order valence-corrected chi connectivity index (χ2v) is 2.50. The van der Waals surface area contributed by atoms with E-state index in [0.717, 1.165) is 0 Å². The summed E-state index contributed by atoms with van der Waals surface area (Å²) in [6.45, 7) is 0.462. The van der Waals surface area contributed by atoms with Crippen molar-refractivity contribution >= 4 is 11.9 Å². The summed E-state index contributed by atoms with van der Waals surface area (Å²) in [7, 11) is 0. The van der Waals surface area contributed by atoms with Gasteiger partial charge < -0.3 is 15.6 Å². The van der Waals surface area contributed by atoms with E-state index in [2.05, 4.69) is 25.4 Å². The molecule has 0 radical (unpaired) electrons. The molecular weight excluding hydrogens is 184 g/mol. The summed E-state index contributed by atoms with van der Waals surface area (Å²) in [4.78, 5) is 11.4. The summed E-state index contributed by atoms with van der Waals surface area (Å²) < 4.78 is 4.87. The molecule has 3 N–H and O–H groups in total. The molecule has 0 aliphatic heterocycles. The third-order valence-electron chi connectivity index (χ3n) is 1.50. The van der Waals surface area contributed by atoms with Crippen LogP contribution in [0.5, 0.6) is 0 Å². The van der Waals surface area contributed by atoms with Crippen LogP contribution in [0.15, 0.2) is 23.1 Å². The zero-order valence-electron chi connectivity index (χ0n) is 7.21. The Morgan fingerprint density at radius 1 is 1.43 bits per heavy atom. The van der Waals surface area contributed by atoms with Crippen molar-refractivity contribution in [3.05, 3.63) is 24.4 Å². The molecule has 0 unspecified atom stereocenters. The fourth-order valence-corrected chi connectivity index (χ4v) is 0.894. The van der Waals surface area contributed by atoms with E-state index in [9.17, 15) is 0 Å². The zero-order chi connectivity index (χ0) is 9.80. The van der Waals surface area contributed by atoms with Gasteiger partial charge in [-0.05, 0) is 0 Å². The van der Waals surface area contributed by atoms with Gasteiger partial charge in [-0.2, -0.15) is 4.98 Å². The normalized spacial score (nSPS) is 10.0. The Balaban J connectivity index is 1.98. The molecule has 0 aromatic carbocycles. The second-order valence-electron chi connectivity index (χ2n) is 2.50. The molecule has 0 aliphatic carbocycles. The van der Waals surface area contributed by atoms with Gasteiger partial charge in [-0.3, -0.25) is 0 Å². The molecule has 72 valence electrons. The quantitative estimate of drug-likeness (QED) is 0.708. The maximum absolute atomic E-state index is 5.37. The zero-order valence-corrected chi connectivity index (χ0v) is 7.21. The van der Waals surface area contributed by atoms with E-state index in [-0.39, 0.29) is 5.95 Å². The molecule has 2 aromatic rings. The van der Waals surface area contributed by atoms with Crippen molar-refractivity contribution in [3.8, 4) is 0 Å². The minimum Gasteiger partial charge on any atom is -0.368 e. The molecule has 0 spiro atoms. The SMILES string of the molecule is Nc1ncnc(NCc2ccno2)n1. The number of nitrogens with one attached hydrogen (secondary N) is 1. The number of hydrogen-bond acceptors (Lipinski definition) is 7. The average Bonchev–Trinajstić information content (AvgIpc) is 2.67. The van der Waals surface area contributed by atoms with Crippen molar-refractivity contribution in [1.29, 1.82) is 0 Å². The van der Waals surface area contributed by atoms with Crippen molar-refractivity contribution in [1.82, 2.24) is 20.1 Å². The molecule has 2 rings (SSSR count). The number of nitrogens with two attached hydrogens (primary N) is 1. The Morgan fingerprint density at radius 3 is 3.07 bits per heavy atom. The summed E-state index contributed by atoms with van der Waals surface area (Å²) in [6, 6.07) is 1.75. The van der Waals surface area contributed by atoms with Crippen LogP contribution in [-0.2, 0) is 6.54 Å². The second kappa shape index (κ2) is 3.69. The van der Waals surface area contributed by atoms with Crippen LogP contribution in [0.3, 0.4) is 0 Å². The molecule has 0 aliphatic rings. The summed E-state index contributed by atoms with van der Waals surface area (Å²) in [6.07, 6.45) is 2.91. The van der Waals surface area contributed by atoms with Gasteiger partial charge in [0, 0.05) is 6.07 Å². The van der Waals surface area contributed by atoms with Crippen molar-refractivity contribution in [3.63, 3.8) is 0 Å². The van der Waals surface area contributed by atoms with Gasteiger partial charge in [0.2, 0.25) is 11.9 Å². The van der Waals surface area contributed by atoms with Gasteiger partial charge in [0.15, 0.2) is 5.76 Å². The molecular formula is C7H8N6O. The lowest BCUT2D eigenvalue weighted by molar-refractivity contribution is 0.388. The number of anilines is 2. The fraction of sp³-hybridized carbons (Fsp3) is 0.143. The molecule has 0 bridgehead atoms. The molecule has 2 aromatic heterocycles. The Hall–Kier alpha value is -2.18. The number of nitrogen functional groups attached to an aromatic ring is 1.